The number of hydrogen-bond donors (Lipinski definition) is 1. The van der Waals surface area contributed by atoms with Crippen molar-refractivity contribution in [1.82, 2.24) is 35.0 Å². The molecule has 0 saturated carbocycles. The molecule has 0 aliphatic rings. The van der Waals surface area contributed by atoms with E-state index < -0.39 is 0 Å². The zero-order valence-corrected chi connectivity index (χ0v) is 15.1. The fraction of sp³-hybridized carbons (Fsp3) is 0.278. The molecule has 0 fully saturated rings. The van der Waals surface area contributed by atoms with Crippen LogP contribution in [0.25, 0.3) is 22.4 Å². The molecule has 0 atom stereocenters. The number of amides is 1. The highest BCUT2D eigenvalue weighted by atomic mass is 16.5. The lowest BCUT2D eigenvalue weighted by Gasteiger charge is -2.08. The van der Waals surface area contributed by atoms with E-state index in [-0.39, 0.29) is 5.91 Å². The first kappa shape index (κ1) is 17.0. The molecule has 0 saturated heterocycles. The second-order valence-electron chi connectivity index (χ2n) is 6.28. The molecule has 0 aromatic carbocycles. The first-order valence-corrected chi connectivity index (χ1v) is 8.63. The van der Waals surface area contributed by atoms with Crippen LogP contribution in [0, 0.1) is 6.92 Å². The van der Waals surface area contributed by atoms with Crippen LogP contribution in [-0.4, -0.2) is 42.2 Å². The van der Waals surface area contributed by atoms with Gasteiger partial charge in [0.15, 0.2) is 0 Å². The monoisotopic (exact) mass is 365 g/mol. The van der Waals surface area contributed by atoms with Crippen molar-refractivity contribution >= 4 is 17.0 Å². The summed E-state index contributed by atoms with van der Waals surface area (Å²) in [4.78, 5) is 17.3. The average molecular weight is 365 g/mol. The molecule has 0 radical (unpaired) electrons. The summed E-state index contributed by atoms with van der Waals surface area (Å²) >= 11 is 0. The second-order valence-corrected chi connectivity index (χ2v) is 6.28. The Morgan fingerprint density at radius 3 is 2.96 bits per heavy atom. The van der Waals surface area contributed by atoms with Crippen LogP contribution >= 0.6 is 0 Å². The number of hydrogen-bond acceptors (Lipinski definition) is 6. The minimum Gasteiger partial charge on any atom is -0.352 e. The minimum absolute atomic E-state index is 0.181. The third kappa shape index (κ3) is 3.43. The maximum absolute atomic E-state index is 12.8. The van der Waals surface area contributed by atoms with Crippen LogP contribution in [-0.2, 0) is 13.6 Å². The highest BCUT2D eigenvalue weighted by Crippen LogP contribution is 2.26. The van der Waals surface area contributed by atoms with Gasteiger partial charge in [-0.25, -0.2) is 4.98 Å². The maximum Gasteiger partial charge on any atom is 0.259 e. The number of nitrogens with zero attached hydrogens (tertiary/aromatic N) is 6. The van der Waals surface area contributed by atoms with Gasteiger partial charge in [0.25, 0.3) is 11.6 Å². The Labute approximate surface area is 155 Å². The molecule has 0 bridgehead atoms. The van der Waals surface area contributed by atoms with E-state index in [1.165, 1.54) is 0 Å². The number of carbonyl (C=O) groups excluding carboxylic acids is 1. The van der Waals surface area contributed by atoms with E-state index in [0.29, 0.717) is 34.6 Å². The smallest absolute Gasteiger partial charge is 0.259 e. The number of rotatable bonds is 6. The molecular weight excluding hydrogens is 346 g/mol. The molecule has 138 valence electrons. The van der Waals surface area contributed by atoms with Gasteiger partial charge in [-0.1, -0.05) is 5.16 Å². The SMILES string of the molecule is Cc1noc2nc(-c3cnn(C)c3)cc(C(=O)NCCCn3cccn3)c12. The number of aromatic nitrogens is 6. The lowest BCUT2D eigenvalue weighted by molar-refractivity contribution is 0.0954. The van der Waals surface area contributed by atoms with E-state index in [1.807, 2.05) is 30.2 Å². The molecule has 0 spiro atoms. The van der Waals surface area contributed by atoms with Gasteiger partial charge in [-0.15, -0.1) is 0 Å². The van der Waals surface area contributed by atoms with Gasteiger partial charge in [0.2, 0.25) is 0 Å². The summed E-state index contributed by atoms with van der Waals surface area (Å²) in [5.41, 5.74) is 2.90. The molecule has 27 heavy (non-hydrogen) atoms. The van der Waals surface area contributed by atoms with E-state index in [2.05, 4.69) is 25.7 Å². The van der Waals surface area contributed by atoms with Crippen molar-refractivity contribution in [2.45, 2.75) is 19.9 Å². The topological polar surface area (TPSA) is 104 Å². The summed E-state index contributed by atoms with van der Waals surface area (Å²) in [7, 11) is 1.83. The fourth-order valence-corrected chi connectivity index (χ4v) is 2.95. The molecule has 9 heteroatoms. The molecule has 9 nitrogen and oxygen atoms in total. The Morgan fingerprint density at radius 1 is 1.33 bits per heavy atom. The van der Waals surface area contributed by atoms with Crippen LogP contribution in [0.1, 0.15) is 22.5 Å². The molecule has 4 rings (SSSR count). The Hall–Kier alpha value is -3.49. The van der Waals surface area contributed by atoms with Gasteiger partial charge >= 0.3 is 0 Å². The summed E-state index contributed by atoms with van der Waals surface area (Å²) in [6.07, 6.45) is 7.95. The number of carbonyl (C=O) groups is 1. The molecule has 0 aliphatic carbocycles. The van der Waals surface area contributed by atoms with Crippen LogP contribution in [0.3, 0.4) is 0 Å². The summed E-state index contributed by atoms with van der Waals surface area (Å²) in [5, 5.41) is 15.9. The van der Waals surface area contributed by atoms with Crippen LogP contribution in [0.15, 0.2) is 41.4 Å². The molecule has 0 unspecified atom stereocenters. The van der Waals surface area contributed by atoms with Crippen molar-refractivity contribution in [3.05, 3.63) is 48.2 Å². The zero-order valence-electron chi connectivity index (χ0n) is 15.1. The standard InChI is InChI=1S/C18H19N7O2/c1-12-16-14(17(26)19-5-3-7-25-8-4-6-20-25)9-15(22-18(16)27-23-12)13-10-21-24(2)11-13/h4,6,8-11H,3,5,7H2,1-2H3,(H,19,26). The Kier molecular flexibility index (Phi) is 4.41. The first-order valence-electron chi connectivity index (χ1n) is 8.63. The third-order valence-electron chi connectivity index (χ3n) is 4.27. The van der Waals surface area contributed by atoms with Crippen LogP contribution in [0.4, 0.5) is 0 Å². The van der Waals surface area contributed by atoms with Crippen molar-refractivity contribution < 1.29 is 9.32 Å². The normalized spacial score (nSPS) is 11.2. The number of fused-ring (bicyclic) bond motifs is 1. The van der Waals surface area contributed by atoms with Gasteiger partial charge in [0.1, 0.15) is 0 Å². The van der Waals surface area contributed by atoms with Crippen LogP contribution < -0.4 is 5.32 Å². The molecule has 1 N–H and O–H groups in total. The number of nitrogens with one attached hydrogen (secondary N) is 1. The molecular formula is C18H19N7O2. The van der Waals surface area contributed by atoms with Crippen molar-refractivity contribution in [1.29, 1.82) is 0 Å². The van der Waals surface area contributed by atoms with Crippen molar-refractivity contribution in [3.8, 4) is 11.3 Å². The van der Waals surface area contributed by atoms with Gasteiger partial charge in [-0.2, -0.15) is 10.2 Å². The van der Waals surface area contributed by atoms with Crippen molar-refractivity contribution in [3.63, 3.8) is 0 Å². The predicted molar refractivity (Wildman–Crippen MR) is 97.9 cm³/mol. The van der Waals surface area contributed by atoms with Gasteiger partial charge < -0.3 is 9.84 Å². The quantitative estimate of drug-likeness (QED) is 0.524. The molecule has 4 heterocycles. The lowest BCUT2D eigenvalue weighted by Crippen LogP contribution is -2.25. The molecule has 4 aromatic rings. The second kappa shape index (κ2) is 7.02. The first-order chi connectivity index (χ1) is 13.1. The molecule has 0 aliphatic heterocycles. The van der Waals surface area contributed by atoms with Crippen molar-refractivity contribution in [2.24, 2.45) is 7.05 Å². The third-order valence-corrected chi connectivity index (χ3v) is 4.27. The predicted octanol–water partition coefficient (Wildman–Crippen LogP) is 1.95. The highest BCUT2D eigenvalue weighted by molar-refractivity contribution is 6.06. The summed E-state index contributed by atoms with van der Waals surface area (Å²) < 4.78 is 8.82. The van der Waals surface area contributed by atoms with Crippen LogP contribution in [0.2, 0.25) is 0 Å². The average Bonchev–Trinajstić information content (AvgIpc) is 3.40. The number of aryl methyl sites for hydroxylation is 3. The van der Waals surface area contributed by atoms with Gasteiger partial charge in [0.05, 0.1) is 28.5 Å². The summed E-state index contributed by atoms with van der Waals surface area (Å²) in [6, 6.07) is 3.63. The van der Waals surface area contributed by atoms with E-state index in [9.17, 15) is 4.79 Å². The van der Waals surface area contributed by atoms with E-state index in [0.717, 1.165) is 18.5 Å². The lowest BCUT2D eigenvalue weighted by atomic mass is 10.1. The van der Waals surface area contributed by atoms with Gasteiger partial charge in [0, 0.05) is 44.3 Å². The summed E-state index contributed by atoms with van der Waals surface area (Å²) in [6.45, 7) is 3.08. The van der Waals surface area contributed by atoms with Gasteiger partial charge in [-0.05, 0) is 25.5 Å². The molecule has 1 amide bonds. The van der Waals surface area contributed by atoms with E-state index >= 15 is 0 Å². The Morgan fingerprint density at radius 2 is 2.22 bits per heavy atom. The van der Waals surface area contributed by atoms with E-state index in [4.69, 9.17) is 4.52 Å². The highest BCUT2D eigenvalue weighted by Gasteiger charge is 2.19. The van der Waals surface area contributed by atoms with E-state index in [1.54, 1.807) is 30.1 Å². The molecule has 4 aromatic heterocycles. The Balaban J connectivity index is 1.57. The minimum atomic E-state index is -0.181. The maximum atomic E-state index is 12.8. The fourth-order valence-electron chi connectivity index (χ4n) is 2.95. The van der Waals surface area contributed by atoms with Crippen molar-refractivity contribution in [2.75, 3.05) is 6.54 Å². The Bertz CT molecular complexity index is 1080. The largest absolute Gasteiger partial charge is 0.352 e. The summed E-state index contributed by atoms with van der Waals surface area (Å²) in [5.74, 6) is -0.181. The number of pyridine rings is 1. The zero-order chi connectivity index (χ0) is 18.8. The van der Waals surface area contributed by atoms with Crippen LogP contribution in [0.5, 0.6) is 0 Å². The van der Waals surface area contributed by atoms with Gasteiger partial charge in [-0.3, -0.25) is 14.2 Å².